The van der Waals surface area contributed by atoms with Crippen LogP contribution in [0.4, 0.5) is 11.9 Å². The number of hydrogen-bond acceptors (Lipinski definition) is 8. The van der Waals surface area contributed by atoms with Gasteiger partial charge in [-0.15, -0.1) is 4.68 Å². The molecule has 0 amide bonds. The Hall–Kier alpha value is -2.52. The first-order chi connectivity index (χ1) is 8.49. The summed E-state index contributed by atoms with van der Waals surface area (Å²) in [5, 5.41) is 9.17. The molecule has 0 fully saturated rings. The third-order valence-corrected chi connectivity index (χ3v) is 2.06. The number of anilines is 2. The van der Waals surface area contributed by atoms with Crippen LogP contribution in [0.1, 0.15) is 0 Å². The average Bonchev–Trinajstić information content (AvgIpc) is 2.74. The maximum atomic E-state index is 11.4. The lowest BCUT2D eigenvalue weighted by molar-refractivity contribution is 0.723. The number of nitrogens with one attached hydrogen (secondary N) is 1. The van der Waals surface area contributed by atoms with E-state index in [4.69, 9.17) is 0 Å². The summed E-state index contributed by atoms with van der Waals surface area (Å²) in [6, 6.07) is 0. The molecule has 2 aromatic heterocycles. The highest BCUT2D eigenvalue weighted by Crippen LogP contribution is 2.11. The Kier molecular flexibility index (Phi) is 2.92. The van der Waals surface area contributed by atoms with Gasteiger partial charge in [-0.3, -0.25) is 0 Å². The monoisotopic (exact) mass is 251 g/mol. The van der Waals surface area contributed by atoms with Gasteiger partial charge >= 0.3 is 5.69 Å². The Bertz CT molecular complexity index is 572. The Morgan fingerprint density at radius 1 is 1.00 bits per heavy atom. The van der Waals surface area contributed by atoms with Gasteiger partial charge in [0.15, 0.2) is 0 Å². The highest BCUT2D eigenvalue weighted by atomic mass is 16.2. The van der Waals surface area contributed by atoms with Crippen LogP contribution in [0.25, 0.3) is 5.95 Å². The Morgan fingerprint density at radius 3 is 1.94 bits per heavy atom. The quantitative estimate of drug-likeness (QED) is 0.685. The van der Waals surface area contributed by atoms with Crippen molar-refractivity contribution in [1.29, 1.82) is 0 Å². The number of aromatic amines is 1. The van der Waals surface area contributed by atoms with Gasteiger partial charge in [0.05, 0.1) is 0 Å². The highest BCUT2D eigenvalue weighted by Gasteiger charge is 2.13. The molecular formula is C8H13N9O. The zero-order valence-electron chi connectivity index (χ0n) is 10.5. The molecule has 2 aromatic rings. The molecule has 0 saturated heterocycles. The van der Waals surface area contributed by atoms with E-state index in [0.717, 1.165) is 4.68 Å². The minimum Gasteiger partial charge on any atom is -0.347 e. The fourth-order valence-corrected chi connectivity index (χ4v) is 1.17. The summed E-state index contributed by atoms with van der Waals surface area (Å²) in [5.41, 5.74) is -0.504. The summed E-state index contributed by atoms with van der Waals surface area (Å²) in [4.78, 5) is 27.4. The van der Waals surface area contributed by atoms with Gasteiger partial charge in [-0.1, -0.05) is 0 Å². The predicted molar refractivity (Wildman–Crippen MR) is 64.0 cm³/mol. The van der Waals surface area contributed by atoms with Crippen LogP contribution in [0.15, 0.2) is 4.79 Å². The van der Waals surface area contributed by atoms with E-state index in [2.05, 4.69) is 30.5 Å². The summed E-state index contributed by atoms with van der Waals surface area (Å²) in [6.45, 7) is 0. The van der Waals surface area contributed by atoms with Crippen LogP contribution in [0.2, 0.25) is 0 Å². The number of aromatic nitrogens is 7. The van der Waals surface area contributed by atoms with E-state index < -0.39 is 5.69 Å². The Balaban J connectivity index is 2.61. The Labute approximate surface area is 102 Å². The molecular weight excluding hydrogens is 238 g/mol. The molecule has 0 aliphatic rings. The molecule has 0 aliphatic heterocycles. The van der Waals surface area contributed by atoms with Crippen molar-refractivity contribution in [2.24, 2.45) is 0 Å². The molecule has 0 saturated carbocycles. The molecule has 0 bridgehead atoms. The molecule has 96 valence electrons. The first-order valence-corrected chi connectivity index (χ1v) is 5.10. The van der Waals surface area contributed by atoms with Crippen LogP contribution >= 0.6 is 0 Å². The van der Waals surface area contributed by atoms with E-state index in [1.54, 1.807) is 38.0 Å². The summed E-state index contributed by atoms with van der Waals surface area (Å²) in [5.74, 6) is 0.980. The standard InChI is InChI=1S/C8H13N9O/c1-15(2)5-9-6(16(3)4)11-7(10-5)17-8(18)12-13-14-17/h1-4H3,(H,12,14,18). The first kappa shape index (κ1) is 12.0. The van der Waals surface area contributed by atoms with Gasteiger partial charge in [0.25, 0.3) is 5.95 Å². The lowest BCUT2D eigenvalue weighted by Gasteiger charge is -2.15. The average molecular weight is 251 g/mol. The van der Waals surface area contributed by atoms with E-state index in [-0.39, 0.29) is 5.95 Å². The zero-order chi connectivity index (χ0) is 13.3. The van der Waals surface area contributed by atoms with Gasteiger partial charge in [-0.25, -0.2) is 9.89 Å². The number of tetrazole rings is 1. The fraction of sp³-hybridized carbons (Fsp3) is 0.500. The van der Waals surface area contributed by atoms with Crippen LogP contribution in [0.5, 0.6) is 0 Å². The van der Waals surface area contributed by atoms with Gasteiger partial charge in [-0.05, 0) is 10.4 Å². The molecule has 0 aromatic carbocycles. The third-order valence-electron chi connectivity index (χ3n) is 2.06. The van der Waals surface area contributed by atoms with Gasteiger partial charge in [0, 0.05) is 28.2 Å². The second-order valence-electron chi connectivity index (χ2n) is 3.94. The predicted octanol–water partition coefficient (Wildman–Crippen LogP) is -1.73. The van der Waals surface area contributed by atoms with Gasteiger partial charge in [0.2, 0.25) is 11.9 Å². The van der Waals surface area contributed by atoms with Gasteiger partial charge < -0.3 is 9.80 Å². The van der Waals surface area contributed by atoms with Crippen LogP contribution in [0.3, 0.4) is 0 Å². The summed E-state index contributed by atoms with van der Waals surface area (Å²) in [7, 11) is 7.18. The van der Waals surface area contributed by atoms with Crippen molar-refractivity contribution < 1.29 is 0 Å². The van der Waals surface area contributed by atoms with Crippen molar-refractivity contribution in [3.63, 3.8) is 0 Å². The van der Waals surface area contributed by atoms with Crippen molar-refractivity contribution in [3.8, 4) is 5.95 Å². The molecule has 10 heteroatoms. The normalized spacial score (nSPS) is 10.4. The molecule has 10 nitrogen and oxygen atoms in total. The molecule has 18 heavy (non-hydrogen) atoms. The minimum atomic E-state index is -0.504. The largest absolute Gasteiger partial charge is 0.368 e. The number of hydrogen-bond donors (Lipinski definition) is 1. The zero-order valence-corrected chi connectivity index (χ0v) is 10.5. The molecule has 0 aliphatic carbocycles. The summed E-state index contributed by atoms with van der Waals surface area (Å²) in [6.07, 6.45) is 0. The number of H-pyrrole nitrogens is 1. The smallest absolute Gasteiger partial charge is 0.347 e. The van der Waals surface area contributed by atoms with Crippen LogP contribution in [-0.2, 0) is 0 Å². The van der Waals surface area contributed by atoms with Crippen molar-refractivity contribution in [3.05, 3.63) is 10.5 Å². The number of rotatable bonds is 3. The lowest BCUT2D eigenvalue weighted by atomic mass is 10.7. The van der Waals surface area contributed by atoms with Crippen LogP contribution in [0, 0.1) is 0 Å². The molecule has 0 unspecified atom stereocenters. The van der Waals surface area contributed by atoms with Gasteiger partial charge in [0.1, 0.15) is 0 Å². The molecule has 0 spiro atoms. The highest BCUT2D eigenvalue weighted by molar-refractivity contribution is 5.39. The van der Waals surface area contributed by atoms with E-state index in [9.17, 15) is 4.79 Å². The van der Waals surface area contributed by atoms with E-state index in [1.165, 1.54) is 0 Å². The minimum absolute atomic E-state index is 0.121. The molecule has 0 atom stereocenters. The second-order valence-corrected chi connectivity index (χ2v) is 3.94. The molecule has 2 rings (SSSR count). The van der Waals surface area contributed by atoms with Crippen LogP contribution in [-0.4, -0.2) is 63.3 Å². The summed E-state index contributed by atoms with van der Waals surface area (Å²) >= 11 is 0. The van der Waals surface area contributed by atoms with Crippen molar-refractivity contribution in [2.75, 3.05) is 38.0 Å². The van der Waals surface area contributed by atoms with Crippen molar-refractivity contribution in [1.82, 2.24) is 35.2 Å². The van der Waals surface area contributed by atoms with E-state index >= 15 is 0 Å². The number of nitrogens with zero attached hydrogens (tertiary/aromatic N) is 8. The topological polar surface area (TPSA) is 109 Å². The SMILES string of the molecule is CN(C)c1nc(N(C)C)nc(-n2nn[nH]c2=O)n1. The van der Waals surface area contributed by atoms with Crippen molar-refractivity contribution in [2.45, 2.75) is 0 Å². The first-order valence-electron chi connectivity index (χ1n) is 5.10. The molecule has 1 N–H and O–H groups in total. The maximum absolute atomic E-state index is 11.4. The van der Waals surface area contributed by atoms with E-state index in [1.807, 2.05) is 0 Å². The molecule has 0 radical (unpaired) electrons. The fourth-order valence-electron chi connectivity index (χ4n) is 1.17. The van der Waals surface area contributed by atoms with Crippen LogP contribution < -0.4 is 15.5 Å². The molecule has 2 heterocycles. The third kappa shape index (κ3) is 2.12. The Morgan fingerprint density at radius 2 is 1.56 bits per heavy atom. The maximum Gasteiger partial charge on any atom is 0.368 e. The van der Waals surface area contributed by atoms with Crippen molar-refractivity contribution >= 4 is 11.9 Å². The summed E-state index contributed by atoms with van der Waals surface area (Å²) < 4.78 is 0.974. The van der Waals surface area contributed by atoms with Gasteiger partial charge in [-0.2, -0.15) is 15.0 Å². The second kappa shape index (κ2) is 4.39. The van der Waals surface area contributed by atoms with E-state index in [0.29, 0.717) is 11.9 Å². The lowest BCUT2D eigenvalue weighted by Crippen LogP contribution is -2.24.